The highest BCUT2D eigenvalue weighted by Gasteiger charge is 2.51. The molecule has 3 N–H and O–H groups in total. The Kier molecular flexibility index (Phi) is 9.52. The lowest BCUT2D eigenvalue weighted by molar-refractivity contribution is -0.219. The standard InChI is InChI=1S/C27H30ClF3N4O6S/c1-40-25-23(35-10-17(32-33-35)13-8-15(29)22(31)16(30)9-13)24(38)20(12-36)41-26(25)27(39)34(11-21-14(28)6-7-42-21)18-4-2-3-5-19(18)37/h6-10,18-20,23-26,36-38H,2-5,11-12H2,1H3/t18-,19-,20?,23?,24?,25?,26?/m0/s1. The van der Waals surface area contributed by atoms with Gasteiger partial charge in [-0.2, -0.15) is 0 Å². The molecule has 3 aromatic rings. The quantitative estimate of drug-likeness (QED) is 0.324. The molecule has 0 bridgehead atoms. The zero-order valence-corrected chi connectivity index (χ0v) is 24.0. The van der Waals surface area contributed by atoms with Crippen LogP contribution in [0.5, 0.6) is 0 Å². The third kappa shape index (κ3) is 5.94. The number of amides is 1. The number of ether oxygens (including phenoxy) is 2. The molecule has 0 spiro atoms. The maximum Gasteiger partial charge on any atom is 0.255 e. The number of aliphatic hydroxyl groups is 3. The summed E-state index contributed by atoms with van der Waals surface area (Å²) in [6.07, 6.45) is -2.06. The smallest absolute Gasteiger partial charge is 0.255 e. The fourth-order valence-corrected chi connectivity index (χ4v) is 6.78. The monoisotopic (exact) mass is 630 g/mol. The highest BCUT2D eigenvalue weighted by atomic mass is 35.5. The van der Waals surface area contributed by atoms with E-state index in [1.165, 1.54) is 29.5 Å². The molecule has 1 aromatic carbocycles. The van der Waals surface area contributed by atoms with Crippen molar-refractivity contribution in [2.45, 2.75) is 74.8 Å². The summed E-state index contributed by atoms with van der Waals surface area (Å²) in [5.74, 6) is -5.01. The minimum Gasteiger partial charge on any atom is -0.394 e. The Labute approximate surface area is 248 Å². The van der Waals surface area contributed by atoms with Crippen molar-refractivity contribution in [3.63, 3.8) is 0 Å². The third-order valence-electron chi connectivity index (χ3n) is 7.86. The van der Waals surface area contributed by atoms with Gasteiger partial charge in [0.05, 0.1) is 36.5 Å². The molecule has 10 nitrogen and oxygen atoms in total. The second kappa shape index (κ2) is 13.0. The first-order valence-electron chi connectivity index (χ1n) is 13.4. The summed E-state index contributed by atoms with van der Waals surface area (Å²) in [4.78, 5) is 16.5. The molecule has 15 heteroatoms. The molecule has 5 rings (SSSR count). The second-order valence-corrected chi connectivity index (χ2v) is 11.8. The molecular weight excluding hydrogens is 601 g/mol. The zero-order chi connectivity index (χ0) is 30.1. The Morgan fingerprint density at radius 1 is 1.24 bits per heavy atom. The molecule has 1 saturated heterocycles. The normalized spacial score (nSPS) is 28.1. The van der Waals surface area contributed by atoms with Gasteiger partial charge in [-0.25, -0.2) is 17.9 Å². The number of carbonyl (C=O) groups excluding carboxylic acids is 1. The number of benzene rings is 1. The van der Waals surface area contributed by atoms with Crippen LogP contribution in [0.3, 0.4) is 0 Å². The Morgan fingerprint density at radius 3 is 2.57 bits per heavy atom. The number of nitrogens with zero attached hydrogens (tertiary/aromatic N) is 4. The van der Waals surface area contributed by atoms with Gasteiger partial charge in [-0.05, 0) is 36.4 Å². The minimum absolute atomic E-state index is 0.0379. The number of thiophene rings is 1. The molecule has 2 aliphatic rings. The number of aromatic nitrogens is 3. The van der Waals surface area contributed by atoms with Gasteiger partial charge in [-0.3, -0.25) is 4.79 Å². The van der Waals surface area contributed by atoms with E-state index in [1.54, 1.807) is 11.4 Å². The number of rotatable bonds is 8. The van der Waals surface area contributed by atoms with Gasteiger partial charge in [0.15, 0.2) is 23.6 Å². The fourth-order valence-electron chi connectivity index (χ4n) is 5.69. The van der Waals surface area contributed by atoms with Gasteiger partial charge < -0.3 is 29.7 Å². The van der Waals surface area contributed by atoms with Crippen molar-refractivity contribution < 1.29 is 42.8 Å². The molecule has 42 heavy (non-hydrogen) atoms. The van der Waals surface area contributed by atoms with Gasteiger partial charge in [-0.15, -0.1) is 16.4 Å². The van der Waals surface area contributed by atoms with Crippen molar-refractivity contribution in [1.29, 1.82) is 0 Å². The minimum atomic E-state index is -1.63. The topological polar surface area (TPSA) is 130 Å². The summed E-state index contributed by atoms with van der Waals surface area (Å²) >= 11 is 7.72. The van der Waals surface area contributed by atoms with Crippen LogP contribution in [0.1, 0.15) is 36.6 Å². The van der Waals surface area contributed by atoms with E-state index in [-0.39, 0.29) is 17.8 Å². The van der Waals surface area contributed by atoms with Crippen LogP contribution >= 0.6 is 22.9 Å². The van der Waals surface area contributed by atoms with Crippen LogP contribution in [0.25, 0.3) is 11.3 Å². The van der Waals surface area contributed by atoms with E-state index >= 15 is 0 Å². The van der Waals surface area contributed by atoms with E-state index in [1.807, 2.05) is 0 Å². The van der Waals surface area contributed by atoms with Crippen LogP contribution in [0, 0.1) is 17.5 Å². The molecule has 228 valence electrons. The predicted molar refractivity (Wildman–Crippen MR) is 145 cm³/mol. The predicted octanol–water partition coefficient (Wildman–Crippen LogP) is 3.09. The molecule has 2 fully saturated rings. The average Bonchev–Trinajstić information content (AvgIpc) is 3.63. The molecule has 1 saturated carbocycles. The van der Waals surface area contributed by atoms with Gasteiger partial charge in [0.1, 0.15) is 30.0 Å². The van der Waals surface area contributed by atoms with E-state index in [0.29, 0.717) is 22.7 Å². The molecule has 3 heterocycles. The molecule has 1 aliphatic heterocycles. The largest absolute Gasteiger partial charge is 0.394 e. The Bertz CT molecular complexity index is 1390. The lowest BCUT2D eigenvalue weighted by atomic mass is 9.88. The number of methoxy groups -OCH3 is 1. The van der Waals surface area contributed by atoms with Crippen molar-refractivity contribution in [2.75, 3.05) is 13.7 Å². The van der Waals surface area contributed by atoms with Crippen molar-refractivity contribution >= 4 is 28.8 Å². The van der Waals surface area contributed by atoms with Crippen molar-refractivity contribution in [3.8, 4) is 11.3 Å². The molecule has 2 aromatic heterocycles. The summed E-state index contributed by atoms with van der Waals surface area (Å²) in [5.41, 5.74) is -0.145. The zero-order valence-electron chi connectivity index (χ0n) is 22.4. The van der Waals surface area contributed by atoms with Crippen LogP contribution in [0.15, 0.2) is 29.8 Å². The number of aliphatic hydroxyl groups excluding tert-OH is 3. The van der Waals surface area contributed by atoms with E-state index < -0.39 is 72.6 Å². The lowest BCUT2D eigenvalue weighted by Crippen LogP contribution is -2.62. The van der Waals surface area contributed by atoms with E-state index in [9.17, 15) is 33.3 Å². The van der Waals surface area contributed by atoms with Gasteiger partial charge in [-0.1, -0.05) is 29.7 Å². The molecular formula is C27H30ClF3N4O6S. The Balaban J connectivity index is 1.50. The maximum absolute atomic E-state index is 14.3. The first-order valence-corrected chi connectivity index (χ1v) is 14.6. The number of hydrogen-bond acceptors (Lipinski definition) is 9. The van der Waals surface area contributed by atoms with E-state index in [4.69, 9.17) is 21.1 Å². The number of hydrogen-bond donors (Lipinski definition) is 3. The number of carbonyl (C=O) groups is 1. The number of halogens is 4. The van der Waals surface area contributed by atoms with Crippen molar-refractivity contribution in [3.05, 3.63) is 57.1 Å². The third-order valence-corrected chi connectivity index (χ3v) is 9.23. The average molecular weight is 631 g/mol. The molecule has 0 radical (unpaired) electrons. The Hall–Kier alpha value is -2.59. The van der Waals surface area contributed by atoms with Crippen LogP contribution in [-0.2, 0) is 20.8 Å². The van der Waals surface area contributed by atoms with E-state index in [0.717, 1.165) is 29.7 Å². The van der Waals surface area contributed by atoms with Gasteiger partial charge in [0.2, 0.25) is 0 Å². The van der Waals surface area contributed by atoms with Crippen LogP contribution in [-0.4, -0.2) is 91.4 Å². The van der Waals surface area contributed by atoms with Gasteiger partial charge in [0.25, 0.3) is 5.91 Å². The Morgan fingerprint density at radius 2 is 1.95 bits per heavy atom. The SMILES string of the molecule is COC1C(C(=O)N(Cc2sccc2Cl)[C@H]2CCCC[C@@H]2O)OC(CO)C(O)C1n1cc(-c2cc(F)c(F)c(F)c2)nn1. The first-order chi connectivity index (χ1) is 20.1. The van der Waals surface area contributed by atoms with Crippen molar-refractivity contribution in [1.82, 2.24) is 19.9 Å². The summed E-state index contributed by atoms with van der Waals surface area (Å²) < 4.78 is 54.0. The molecule has 1 aliphatic carbocycles. The molecule has 1 amide bonds. The van der Waals surface area contributed by atoms with E-state index in [2.05, 4.69) is 10.3 Å². The fraction of sp³-hybridized carbons (Fsp3) is 0.519. The highest BCUT2D eigenvalue weighted by molar-refractivity contribution is 7.10. The maximum atomic E-state index is 14.3. The van der Waals surface area contributed by atoms with Crippen LogP contribution in [0.2, 0.25) is 5.02 Å². The van der Waals surface area contributed by atoms with Crippen molar-refractivity contribution in [2.24, 2.45) is 0 Å². The summed E-state index contributed by atoms with van der Waals surface area (Å²) in [7, 11) is 1.31. The lowest BCUT2D eigenvalue weighted by Gasteiger charge is -2.46. The summed E-state index contributed by atoms with van der Waals surface area (Å²) in [6.45, 7) is -0.559. The molecule has 7 atom stereocenters. The van der Waals surface area contributed by atoms with Gasteiger partial charge >= 0.3 is 0 Å². The summed E-state index contributed by atoms with van der Waals surface area (Å²) in [6, 6.07) is 1.55. The van der Waals surface area contributed by atoms with Crippen LogP contribution in [0.4, 0.5) is 13.2 Å². The van der Waals surface area contributed by atoms with Crippen LogP contribution < -0.4 is 0 Å². The highest BCUT2D eigenvalue weighted by Crippen LogP contribution is 2.36. The second-order valence-electron chi connectivity index (χ2n) is 10.4. The molecule has 5 unspecified atom stereocenters. The van der Waals surface area contributed by atoms with Gasteiger partial charge in [0, 0.05) is 17.6 Å². The first kappa shape index (κ1) is 30.9. The summed E-state index contributed by atoms with van der Waals surface area (Å²) in [5, 5.41) is 42.3.